The van der Waals surface area contributed by atoms with Crippen molar-refractivity contribution in [2.24, 2.45) is 4.99 Å². The van der Waals surface area contributed by atoms with Gasteiger partial charge in [-0.1, -0.05) is 41.7 Å². The molecule has 40 heavy (non-hydrogen) atoms. The number of thiazole rings is 1. The number of allylic oxidation sites excluding steroid dienone is 1. The van der Waals surface area contributed by atoms with Gasteiger partial charge in [0.15, 0.2) is 4.80 Å². The van der Waals surface area contributed by atoms with Crippen LogP contribution in [0.1, 0.15) is 36.8 Å². The molecule has 0 saturated carbocycles. The van der Waals surface area contributed by atoms with Crippen molar-refractivity contribution >= 4 is 29.1 Å². The fourth-order valence-corrected chi connectivity index (χ4v) is 5.68. The SMILES string of the molecule is CCOC(=O)C1=C(C)N=c2s/c(=C\c3ccc(-c4ccc(C)c([N+](=O)[O-])c4)o3)c(=O)n2[C@H]1c1ccccc1OC. The Morgan fingerprint density at radius 3 is 2.70 bits per heavy atom. The second kappa shape index (κ2) is 10.8. The summed E-state index contributed by atoms with van der Waals surface area (Å²) in [5.74, 6) is 0.770. The Balaban J connectivity index is 1.64. The number of ether oxygens (including phenoxy) is 2. The summed E-state index contributed by atoms with van der Waals surface area (Å²) in [5, 5.41) is 11.4. The van der Waals surface area contributed by atoms with Crippen molar-refractivity contribution in [3.63, 3.8) is 0 Å². The van der Waals surface area contributed by atoms with E-state index in [9.17, 15) is 19.7 Å². The lowest BCUT2D eigenvalue weighted by Crippen LogP contribution is -2.40. The molecule has 0 radical (unpaired) electrons. The molecular formula is C29H25N3O7S. The minimum atomic E-state index is -0.811. The lowest BCUT2D eigenvalue weighted by atomic mass is 9.95. The first-order valence-electron chi connectivity index (χ1n) is 12.4. The third-order valence-electron chi connectivity index (χ3n) is 6.54. The zero-order valence-electron chi connectivity index (χ0n) is 22.2. The topological polar surface area (TPSA) is 126 Å². The predicted octanol–water partition coefficient (Wildman–Crippen LogP) is 4.28. The highest BCUT2D eigenvalue weighted by molar-refractivity contribution is 7.07. The monoisotopic (exact) mass is 559 g/mol. The number of para-hydroxylation sites is 1. The zero-order valence-corrected chi connectivity index (χ0v) is 23.0. The third kappa shape index (κ3) is 4.75. The Hall–Kier alpha value is -4.77. The van der Waals surface area contributed by atoms with E-state index in [0.717, 1.165) is 11.3 Å². The molecule has 204 valence electrons. The van der Waals surface area contributed by atoms with Crippen molar-refractivity contribution in [2.45, 2.75) is 26.8 Å². The van der Waals surface area contributed by atoms with Crippen LogP contribution in [0.25, 0.3) is 17.4 Å². The first-order chi connectivity index (χ1) is 19.2. The number of fused-ring (bicyclic) bond motifs is 1. The summed E-state index contributed by atoms with van der Waals surface area (Å²) in [6.07, 6.45) is 1.60. The number of methoxy groups -OCH3 is 1. The summed E-state index contributed by atoms with van der Waals surface area (Å²) in [5.41, 5.74) is 2.05. The summed E-state index contributed by atoms with van der Waals surface area (Å²) in [6.45, 7) is 5.27. The normalized spacial score (nSPS) is 15.0. The molecule has 0 amide bonds. The highest BCUT2D eigenvalue weighted by Crippen LogP contribution is 2.35. The second-order valence-corrected chi connectivity index (χ2v) is 10.0. The van der Waals surface area contributed by atoms with Gasteiger partial charge in [-0.2, -0.15) is 0 Å². The van der Waals surface area contributed by atoms with Gasteiger partial charge in [0.1, 0.15) is 23.3 Å². The van der Waals surface area contributed by atoms with Gasteiger partial charge in [0.2, 0.25) is 0 Å². The molecule has 5 rings (SSSR count). The molecule has 0 N–H and O–H groups in total. The van der Waals surface area contributed by atoms with E-state index in [1.165, 1.54) is 17.7 Å². The Labute approximate surface area is 232 Å². The fraction of sp³-hybridized carbons (Fsp3) is 0.207. The van der Waals surface area contributed by atoms with Gasteiger partial charge in [-0.05, 0) is 39.0 Å². The minimum absolute atomic E-state index is 0.00660. The molecule has 4 aromatic rings. The molecule has 1 aliphatic rings. The highest BCUT2D eigenvalue weighted by atomic mass is 32.1. The maximum Gasteiger partial charge on any atom is 0.338 e. The van der Waals surface area contributed by atoms with Crippen molar-refractivity contribution < 1.29 is 23.6 Å². The van der Waals surface area contributed by atoms with Gasteiger partial charge in [-0.15, -0.1) is 0 Å². The van der Waals surface area contributed by atoms with Crippen LogP contribution in [0.3, 0.4) is 0 Å². The van der Waals surface area contributed by atoms with Gasteiger partial charge in [0, 0.05) is 28.8 Å². The van der Waals surface area contributed by atoms with Crippen molar-refractivity contribution in [3.8, 4) is 17.1 Å². The maximum absolute atomic E-state index is 13.8. The molecule has 0 unspecified atom stereocenters. The summed E-state index contributed by atoms with van der Waals surface area (Å²) in [7, 11) is 1.53. The zero-order chi connectivity index (χ0) is 28.6. The number of hydrogen-bond donors (Lipinski definition) is 0. The van der Waals surface area contributed by atoms with Crippen LogP contribution in [-0.2, 0) is 9.53 Å². The first kappa shape index (κ1) is 26.8. The van der Waals surface area contributed by atoms with E-state index in [-0.39, 0.29) is 23.4 Å². The standard InChI is InChI=1S/C29H25N3O7S/c1-5-38-28(34)25-17(3)30-29-31(26(25)20-8-6-7-9-23(20)37-4)27(33)24(40-29)15-19-12-13-22(39-19)18-11-10-16(2)21(14-18)32(35)36/h6-15,26H,5H2,1-4H3/b24-15-/t26-/m0/s1. The van der Waals surface area contributed by atoms with E-state index >= 15 is 0 Å². The van der Waals surface area contributed by atoms with Crippen LogP contribution < -0.4 is 19.6 Å². The molecule has 2 aromatic carbocycles. The number of carbonyl (C=O) groups is 1. The minimum Gasteiger partial charge on any atom is -0.496 e. The van der Waals surface area contributed by atoms with E-state index in [4.69, 9.17) is 13.9 Å². The molecule has 1 atom stereocenters. The van der Waals surface area contributed by atoms with Crippen LogP contribution in [0.5, 0.6) is 5.75 Å². The lowest BCUT2D eigenvalue weighted by molar-refractivity contribution is -0.385. The number of aromatic nitrogens is 1. The third-order valence-corrected chi connectivity index (χ3v) is 7.52. The summed E-state index contributed by atoms with van der Waals surface area (Å²) >= 11 is 1.16. The van der Waals surface area contributed by atoms with E-state index in [0.29, 0.717) is 49.0 Å². The molecule has 11 heteroatoms. The molecule has 1 aliphatic heterocycles. The number of rotatable bonds is 7. The lowest BCUT2D eigenvalue weighted by Gasteiger charge is -2.25. The van der Waals surface area contributed by atoms with Crippen LogP contribution in [0.15, 0.2) is 80.1 Å². The summed E-state index contributed by atoms with van der Waals surface area (Å²) < 4.78 is 18.7. The number of nitrogens with zero attached hydrogens (tertiary/aromatic N) is 3. The fourth-order valence-electron chi connectivity index (χ4n) is 4.65. The van der Waals surface area contributed by atoms with Crippen LogP contribution in [0.4, 0.5) is 5.69 Å². The number of hydrogen-bond acceptors (Lipinski definition) is 9. The van der Waals surface area contributed by atoms with E-state index in [2.05, 4.69) is 4.99 Å². The smallest absolute Gasteiger partial charge is 0.338 e. The van der Waals surface area contributed by atoms with Crippen LogP contribution in [0.2, 0.25) is 0 Å². The van der Waals surface area contributed by atoms with Crippen molar-refractivity contribution in [1.29, 1.82) is 0 Å². The van der Waals surface area contributed by atoms with Gasteiger partial charge in [-0.25, -0.2) is 9.79 Å². The Kier molecular flexibility index (Phi) is 7.22. The molecule has 0 spiro atoms. The molecule has 0 fully saturated rings. The molecule has 0 aliphatic carbocycles. The molecule has 3 heterocycles. The second-order valence-electron chi connectivity index (χ2n) is 9.00. The van der Waals surface area contributed by atoms with Gasteiger partial charge >= 0.3 is 5.97 Å². The molecule has 2 aromatic heterocycles. The summed E-state index contributed by atoms with van der Waals surface area (Å²) in [4.78, 5) is 42.8. The van der Waals surface area contributed by atoms with Gasteiger partial charge < -0.3 is 13.9 Å². The first-order valence-corrected chi connectivity index (χ1v) is 13.2. The molecular weight excluding hydrogens is 534 g/mol. The number of nitro benzene ring substituents is 1. The van der Waals surface area contributed by atoms with Gasteiger partial charge in [0.05, 0.1) is 34.4 Å². The largest absolute Gasteiger partial charge is 0.496 e. The summed E-state index contributed by atoms with van der Waals surface area (Å²) in [6, 6.07) is 14.6. The molecule has 0 bridgehead atoms. The number of esters is 1. The average Bonchev–Trinajstić information content (AvgIpc) is 3.52. The number of aryl methyl sites for hydroxylation is 1. The van der Waals surface area contributed by atoms with Crippen LogP contribution in [-0.4, -0.2) is 29.2 Å². The molecule has 0 saturated heterocycles. The Morgan fingerprint density at radius 1 is 1.20 bits per heavy atom. The number of carbonyl (C=O) groups excluding carboxylic acids is 1. The van der Waals surface area contributed by atoms with Crippen LogP contribution in [0, 0.1) is 17.0 Å². The molecule has 10 nitrogen and oxygen atoms in total. The van der Waals surface area contributed by atoms with E-state index < -0.39 is 16.9 Å². The van der Waals surface area contributed by atoms with Crippen molar-refractivity contribution in [2.75, 3.05) is 13.7 Å². The quantitative estimate of drug-likeness (QED) is 0.188. The maximum atomic E-state index is 13.8. The number of benzene rings is 2. The Morgan fingerprint density at radius 2 is 1.98 bits per heavy atom. The van der Waals surface area contributed by atoms with Crippen molar-refractivity contribution in [3.05, 3.63) is 113 Å². The van der Waals surface area contributed by atoms with Crippen molar-refractivity contribution in [1.82, 2.24) is 4.57 Å². The van der Waals surface area contributed by atoms with Crippen LogP contribution >= 0.6 is 11.3 Å². The van der Waals surface area contributed by atoms with Gasteiger partial charge in [-0.3, -0.25) is 19.5 Å². The average molecular weight is 560 g/mol. The van der Waals surface area contributed by atoms with Gasteiger partial charge in [0.25, 0.3) is 11.2 Å². The number of furan rings is 1. The van der Waals surface area contributed by atoms with E-state index in [1.54, 1.807) is 63.2 Å². The highest BCUT2D eigenvalue weighted by Gasteiger charge is 2.35. The predicted molar refractivity (Wildman–Crippen MR) is 149 cm³/mol. The number of nitro groups is 1. The Bertz CT molecular complexity index is 1860. The van der Waals surface area contributed by atoms with E-state index in [1.807, 2.05) is 12.1 Å².